The molecule has 0 unspecified atom stereocenters. The summed E-state index contributed by atoms with van der Waals surface area (Å²) in [6.45, 7) is 1.84. The fourth-order valence-corrected chi connectivity index (χ4v) is 6.42. The number of ether oxygens (including phenoxy) is 2. The van der Waals surface area contributed by atoms with Crippen molar-refractivity contribution in [3.63, 3.8) is 0 Å². The molecule has 0 saturated heterocycles. The number of sulfone groups is 1. The lowest BCUT2D eigenvalue weighted by atomic mass is 10.1. The zero-order valence-electron chi connectivity index (χ0n) is 19.7. The van der Waals surface area contributed by atoms with Crippen molar-refractivity contribution in [2.24, 2.45) is 0 Å². The molecule has 188 valence electrons. The van der Waals surface area contributed by atoms with E-state index in [2.05, 4.69) is 25.3 Å². The van der Waals surface area contributed by atoms with Crippen LogP contribution in [0.3, 0.4) is 0 Å². The first kappa shape index (κ1) is 24.1. The Kier molecular flexibility index (Phi) is 6.22. The van der Waals surface area contributed by atoms with Gasteiger partial charge in [-0.2, -0.15) is 0 Å². The van der Waals surface area contributed by atoms with Crippen LogP contribution in [0, 0.1) is 0 Å². The maximum absolute atomic E-state index is 13.7. The third-order valence-corrected chi connectivity index (χ3v) is 8.85. The van der Waals surface area contributed by atoms with Gasteiger partial charge in [0.25, 0.3) is 0 Å². The topological polar surface area (TPSA) is 59.1 Å². The van der Waals surface area contributed by atoms with E-state index in [-0.39, 0.29) is 9.79 Å². The second-order valence-corrected chi connectivity index (χ2v) is 12.0. The van der Waals surface area contributed by atoms with Gasteiger partial charge in [-0.15, -0.1) is 25.3 Å². The predicted octanol–water partition coefficient (Wildman–Crippen LogP) is 5.81. The maximum atomic E-state index is 13.7. The average Bonchev–Trinajstić information content (AvgIpc) is 2.91. The maximum Gasteiger partial charge on any atom is 0.206 e. The molecule has 4 aromatic carbocycles. The van der Waals surface area contributed by atoms with E-state index in [0.29, 0.717) is 38.1 Å². The van der Waals surface area contributed by atoms with E-state index >= 15 is 0 Å². The van der Waals surface area contributed by atoms with Crippen LogP contribution in [0.5, 0.6) is 11.5 Å². The molecule has 0 aliphatic carbocycles. The van der Waals surface area contributed by atoms with Gasteiger partial charge in [0.05, 0.1) is 9.79 Å². The second-order valence-electron chi connectivity index (χ2n) is 9.02. The van der Waals surface area contributed by atoms with E-state index in [1.165, 1.54) is 0 Å². The summed E-state index contributed by atoms with van der Waals surface area (Å²) in [6, 6.07) is 25.7. The Morgan fingerprint density at radius 1 is 0.622 bits per heavy atom. The summed E-state index contributed by atoms with van der Waals surface area (Å²) in [5, 5.41) is 0. The van der Waals surface area contributed by atoms with E-state index < -0.39 is 9.84 Å². The minimum atomic E-state index is -3.76. The summed E-state index contributed by atoms with van der Waals surface area (Å²) in [6.07, 6.45) is 0. The highest BCUT2D eigenvalue weighted by atomic mass is 32.2. The van der Waals surface area contributed by atoms with Crippen LogP contribution in [0.1, 0.15) is 11.1 Å². The molecule has 0 radical (unpaired) electrons. The van der Waals surface area contributed by atoms with Gasteiger partial charge >= 0.3 is 0 Å². The zero-order valence-corrected chi connectivity index (χ0v) is 22.3. The Hall–Kier alpha value is -3.27. The SMILES string of the molecule is O=S(=O)(c1ccc2c(c1)CN(c1cccc(S)c1)CO2)c1ccc2c(c1)CN(c1cccc(S)c1)CO2. The van der Waals surface area contributed by atoms with Crippen LogP contribution in [0.25, 0.3) is 0 Å². The number of hydrogen-bond acceptors (Lipinski definition) is 8. The third kappa shape index (κ3) is 4.74. The van der Waals surface area contributed by atoms with Crippen LogP contribution < -0.4 is 19.3 Å². The molecule has 9 heteroatoms. The Bertz CT molecular complexity index is 1490. The standard InChI is InChI=1S/C28H24N2O4S3/c31-37(32,25-7-9-27-19(11-25)15-29(17-33-27)21-3-1-5-23(35)13-21)26-8-10-28-20(12-26)16-30(18-34-28)22-4-2-6-24(36)14-22/h1-14,35-36H,15-18H2. The summed E-state index contributed by atoms with van der Waals surface area (Å²) >= 11 is 8.85. The number of hydrogen-bond donors (Lipinski definition) is 2. The molecule has 0 N–H and O–H groups in total. The van der Waals surface area contributed by atoms with Gasteiger partial charge in [0, 0.05) is 45.4 Å². The average molecular weight is 549 g/mol. The first-order chi connectivity index (χ1) is 17.9. The van der Waals surface area contributed by atoms with E-state index in [4.69, 9.17) is 9.47 Å². The first-order valence-electron chi connectivity index (χ1n) is 11.7. The molecular weight excluding hydrogens is 525 g/mol. The number of rotatable bonds is 4. The Morgan fingerprint density at radius 3 is 1.51 bits per heavy atom. The quantitative estimate of drug-likeness (QED) is 0.314. The van der Waals surface area contributed by atoms with Crippen LogP contribution in [-0.2, 0) is 22.9 Å². The van der Waals surface area contributed by atoms with Gasteiger partial charge in [0.1, 0.15) is 11.5 Å². The molecule has 0 amide bonds. The van der Waals surface area contributed by atoms with E-state index in [1.807, 2.05) is 58.3 Å². The van der Waals surface area contributed by atoms with Crippen molar-refractivity contribution < 1.29 is 17.9 Å². The molecular formula is C28H24N2O4S3. The fraction of sp³-hybridized carbons (Fsp3) is 0.143. The number of thiol groups is 2. The van der Waals surface area contributed by atoms with Gasteiger partial charge in [-0.3, -0.25) is 0 Å². The highest BCUT2D eigenvalue weighted by Crippen LogP contribution is 2.35. The summed E-state index contributed by atoms with van der Waals surface area (Å²) in [7, 11) is -3.76. The van der Waals surface area contributed by atoms with Gasteiger partial charge in [-0.05, 0) is 72.8 Å². The minimum absolute atomic E-state index is 0.232. The first-order valence-corrected chi connectivity index (χ1v) is 14.1. The monoisotopic (exact) mass is 548 g/mol. The number of fused-ring (bicyclic) bond motifs is 2. The van der Waals surface area contributed by atoms with Gasteiger partial charge in [0.15, 0.2) is 13.5 Å². The van der Waals surface area contributed by atoms with Crippen molar-refractivity contribution in [1.82, 2.24) is 0 Å². The second kappa shape index (κ2) is 9.55. The van der Waals surface area contributed by atoms with E-state index in [9.17, 15) is 8.42 Å². The Balaban J connectivity index is 1.28. The molecule has 0 bridgehead atoms. The number of benzene rings is 4. The predicted molar refractivity (Wildman–Crippen MR) is 149 cm³/mol. The Labute approximate surface area is 227 Å². The van der Waals surface area contributed by atoms with Crippen molar-refractivity contribution in [2.45, 2.75) is 32.7 Å². The van der Waals surface area contributed by atoms with E-state index in [1.54, 1.807) is 36.4 Å². The molecule has 0 aromatic heterocycles. The van der Waals surface area contributed by atoms with Crippen LogP contribution >= 0.6 is 25.3 Å². The van der Waals surface area contributed by atoms with Crippen molar-refractivity contribution in [3.05, 3.63) is 96.1 Å². The van der Waals surface area contributed by atoms with Crippen molar-refractivity contribution in [2.75, 3.05) is 23.3 Å². The van der Waals surface area contributed by atoms with Crippen LogP contribution in [-0.4, -0.2) is 21.9 Å². The van der Waals surface area contributed by atoms with Crippen LogP contribution in [0.15, 0.2) is 105 Å². The molecule has 2 aliphatic heterocycles. The molecule has 2 aliphatic rings. The zero-order chi connectivity index (χ0) is 25.6. The fourth-order valence-electron chi connectivity index (χ4n) is 4.62. The minimum Gasteiger partial charge on any atom is -0.473 e. The van der Waals surface area contributed by atoms with Crippen LogP contribution in [0.2, 0.25) is 0 Å². The third-order valence-electron chi connectivity index (χ3n) is 6.55. The normalized spacial score (nSPS) is 14.9. The molecule has 0 spiro atoms. The largest absolute Gasteiger partial charge is 0.473 e. The number of anilines is 2. The lowest BCUT2D eigenvalue weighted by Gasteiger charge is -2.31. The molecule has 0 atom stereocenters. The van der Waals surface area contributed by atoms with Gasteiger partial charge < -0.3 is 19.3 Å². The molecule has 0 fully saturated rings. The summed E-state index contributed by atoms with van der Waals surface area (Å²) in [5.41, 5.74) is 3.57. The van der Waals surface area contributed by atoms with Gasteiger partial charge in [0.2, 0.25) is 9.84 Å². The van der Waals surface area contributed by atoms with Gasteiger partial charge in [-0.25, -0.2) is 8.42 Å². The molecule has 6 nitrogen and oxygen atoms in total. The summed E-state index contributed by atoms with van der Waals surface area (Å²) < 4.78 is 39.2. The Morgan fingerprint density at radius 2 is 1.08 bits per heavy atom. The van der Waals surface area contributed by atoms with E-state index in [0.717, 1.165) is 32.3 Å². The lowest BCUT2D eigenvalue weighted by molar-refractivity contribution is 0.289. The lowest BCUT2D eigenvalue weighted by Crippen LogP contribution is -2.32. The highest BCUT2D eigenvalue weighted by molar-refractivity contribution is 7.91. The molecule has 37 heavy (non-hydrogen) atoms. The highest BCUT2D eigenvalue weighted by Gasteiger charge is 2.26. The smallest absolute Gasteiger partial charge is 0.206 e. The molecule has 2 heterocycles. The molecule has 4 aromatic rings. The summed E-state index contributed by atoms with van der Waals surface area (Å²) in [5.74, 6) is 1.39. The number of nitrogens with zero attached hydrogens (tertiary/aromatic N) is 2. The van der Waals surface area contributed by atoms with Gasteiger partial charge in [-0.1, -0.05) is 12.1 Å². The van der Waals surface area contributed by atoms with Crippen molar-refractivity contribution in [3.8, 4) is 11.5 Å². The molecule has 6 rings (SSSR count). The molecule has 0 saturated carbocycles. The van der Waals surface area contributed by atoms with Crippen molar-refractivity contribution >= 4 is 46.5 Å². The van der Waals surface area contributed by atoms with Crippen LogP contribution in [0.4, 0.5) is 11.4 Å². The summed E-state index contributed by atoms with van der Waals surface area (Å²) in [4.78, 5) is 6.26. The van der Waals surface area contributed by atoms with Crippen molar-refractivity contribution in [1.29, 1.82) is 0 Å².